The van der Waals surface area contributed by atoms with E-state index >= 15 is 4.39 Å². The largest absolute Gasteiger partial charge is 0.478 e. The maximum absolute atomic E-state index is 15.4. The minimum Gasteiger partial charge on any atom is -0.478 e. The molecule has 0 saturated carbocycles. The van der Waals surface area contributed by atoms with Crippen molar-refractivity contribution >= 4 is 39.9 Å². The fraction of sp³-hybridized carbons (Fsp3) is 0.207. The van der Waals surface area contributed by atoms with Crippen molar-refractivity contribution in [3.63, 3.8) is 0 Å². The molecule has 0 radical (unpaired) electrons. The van der Waals surface area contributed by atoms with E-state index < -0.39 is 17.6 Å². The molecular weight excluding hydrogens is 560 g/mol. The molecule has 0 unspecified atom stereocenters. The predicted octanol–water partition coefficient (Wildman–Crippen LogP) is 6.75. The van der Waals surface area contributed by atoms with E-state index in [0.29, 0.717) is 56.6 Å². The summed E-state index contributed by atoms with van der Waals surface area (Å²) in [5, 5.41) is 9.75. The summed E-state index contributed by atoms with van der Waals surface area (Å²) in [6.07, 6.45) is 1.10. The Balaban J connectivity index is 1.26. The lowest BCUT2D eigenvalue weighted by Gasteiger charge is -2.27. The van der Waals surface area contributed by atoms with E-state index in [0.717, 1.165) is 6.42 Å². The number of aromatic nitrogens is 3. The molecule has 6 rings (SSSR count). The maximum Gasteiger partial charge on any atom is 0.335 e. The minimum atomic E-state index is -1.03. The first-order chi connectivity index (χ1) is 19.4. The molecule has 0 bridgehead atoms. The Bertz CT molecular complexity index is 1730. The molecule has 1 saturated heterocycles. The van der Waals surface area contributed by atoms with Crippen molar-refractivity contribution in [1.82, 2.24) is 14.5 Å². The third-order valence-corrected chi connectivity index (χ3v) is 7.92. The molecule has 7 nitrogen and oxygen atoms in total. The highest BCUT2D eigenvalue weighted by atomic mass is 35.5. The first-order valence-corrected chi connectivity index (χ1v) is 13.7. The first-order valence-electron chi connectivity index (χ1n) is 12.5. The molecule has 0 amide bonds. The van der Waals surface area contributed by atoms with Gasteiger partial charge in [0, 0.05) is 29.2 Å². The minimum absolute atomic E-state index is 0.00274. The Morgan fingerprint density at radius 1 is 1.12 bits per heavy atom. The topological polar surface area (TPSA) is 86.5 Å². The number of benzene rings is 3. The summed E-state index contributed by atoms with van der Waals surface area (Å²) >= 11 is 7.11. The molecule has 5 aromatic rings. The van der Waals surface area contributed by atoms with Crippen LogP contribution in [0.3, 0.4) is 0 Å². The second-order valence-corrected chi connectivity index (χ2v) is 10.7. The number of imidazole rings is 1. The molecule has 11 heteroatoms. The molecule has 1 fully saturated rings. The van der Waals surface area contributed by atoms with Gasteiger partial charge in [-0.15, -0.1) is 11.3 Å². The van der Waals surface area contributed by atoms with Crippen LogP contribution >= 0.6 is 22.9 Å². The van der Waals surface area contributed by atoms with Gasteiger partial charge in [-0.2, -0.15) is 0 Å². The number of halogens is 3. The molecule has 204 valence electrons. The standard InChI is InChI=1S/C29H22ClF2N3O4S/c30-20-5-3-19(23(32)12-20)14-39-28-27(40-15-33-28)17-2-1-16(22(31)9-17)11-26-34-24-6-4-18(29(36)37)10-25(24)35(26)13-21-7-8-38-21/h1-6,9-10,12,15,21H,7-8,11,13-14H2,(H,36,37)/t21-/m0/s1. The lowest BCUT2D eigenvalue weighted by atomic mass is 10.1. The average molecular weight is 582 g/mol. The van der Waals surface area contributed by atoms with Gasteiger partial charge in [-0.3, -0.25) is 0 Å². The van der Waals surface area contributed by atoms with Crippen molar-refractivity contribution in [2.45, 2.75) is 32.1 Å². The Labute approximate surface area is 236 Å². The average Bonchev–Trinajstić information content (AvgIpc) is 3.50. The maximum atomic E-state index is 15.4. The van der Waals surface area contributed by atoms with E-state index in [9.17, 15) is 14.3 Å². The van der Waals surface area contributed by atoms with Crippen molar-refractivity contribution in [1.29, 1.82) is 0 Å². The first kappa shape index (κ1) is 26.4. The highest BCUT2D eigenvalue weighted by Gasteiger charge is 2.23. The normalized spacial score (nSPS) is 14.8. The number of carboxylic acid groups (broad SMARTS) is 1. The number of ether oxygens (including phenoxy) is 2. The zero-order valence-corrected chi connectivity index (χ0v) is 22.5. The molecule has 1 atom stereocenters. The van der Waals surface area contributed by atoms with Gasteiger partial charge >= 0.3 is 5.97 Å². The van der Waals surface area contributed by atoms with Crippen molar-refractivity contribution in [2.24, 2.45) is 0 Å². The number of carbonyl (C=O) groups is 1. The van der Waals surface area contributed by atoms with Gasteiger partial charge in [-0.1, -0.05) is 29.8 Å². The van der Waals surface area contributed by atoms with Crippen LogP contribution in [-0.4, -0.2) is 38.3 Å². The fourth-order valence-electron chi connectivity index (χ4n) is 4.59. The van der Waals surface area contributed by atoms with Crippen molar-refractivity contribution in [3.8, 4) is 16.3 Å². The van der Waals surface area contributed by atoms with E-state index in [-0.39, 0.29) is 30.6 Å². The molecule has 3 aromatic carbocycles. The van der Waals surface area contributed by atoms with Gasteiger partial charge in [0.15, 0.2) is 0 Å². The van der Waals surface area contributed by atoms with Crippen LogP contribution < -0.4 is 4.74 Å². The van der Waals surface area contributed by atoms with Gasteiger partial charge in [0.1, 0.15) is 24.1 Å². The van der Waals surface area contributed by atoms with Gasteiger partial charge in [-0.05, 0) is 48.4 Å². The summed E-state index contributed by atoms with van der Waals surface area (Å²) < 4.78 is 42.9. The van der Waals surface area contributed by atoms with E-state index in [1.54, 1.807) is 41.9 Å². The van der Waals surface area contributed by atoms with Crippen LogP contribution in [0, 0.1) is 11.6 Å². The Hall–Kier alpha value is -3.86. The summed E-state index contributed by atoms with van der Waals surface area (Å²) in [7, 11) is 0. The smallest absolute Gasteiger partial charge is 0.335 e. The molecular formula is C29H22ClF2N3O4S. The number of carboxylic acids is 1. The van der Waals surface area contributed by atoms with Crippen LogP contribution in [0.5, 0.6) is 5.88 Å². The van der Waals surface area contributed by atoms with E-state index in [2.05, 4.69) is 4.98 Å². The highest BCUT2D eigenvalue weighted by molar-refractivity contribution is 7.13. The molecule has 1 aliphatic heterocycles. The summed E-state index contributed by atoms with van der Waals surface area (Å²) in [5.74, 6) is -1.03. The van der Waals surface area contributed by atoms with Crippen LogP contribution in [0.1, 0.15) is 33.7 Å². The second-order valence-electron chi connectivity index (χ2n) is 9.42. The summed E-state index contributed by atoms with van der Waals surface area (Å²) in [5.41, 5.74) is 4.40. The summed E-state index contributed by atoms with van der Waals surface area (Å²) in [6.45, 7) is 1.14. The van der Waals surface area contributed by atoms with Gasteiger partial charge in [-0.25, -0.2) is 23.5 Å². The highest BCUT2D eigenvalue weighted by Crippen LogP contribution is 2.35. The number of thiazole rings is 1. The number of rotatable bonds is 9. The number of aromatic carboxylic acids is 1. The molecule has 2 aromatic heterocycles. The van der Waals surface area contributed by atoms with Gasteiger partial charge < -0.3 is 19.1 Å². The summed E-state index contributed by atoms with van der Waals surface area (Å²) in [6, 6.07) is 14.0. The molecule has 40 heavy (non-hydrogen) atoms. The van der Waals surface area contributed by atoms with E-state index in [4.69, 9.17) is 26.1 Å². The van der Waals surface area contributed by atoms with Crippen molar-refractivity contribution in [3.05, 3.63) is 99.3 Å². The Morgan fingerprint density at radius 2 is 1.93 bits per heavy atom. The Morgan fingerprint density at radius 3 is 2.65 bits per heavy atom. The van der Waals surface area contributed by atoms with E-state index in [1.807, 2.05) is 4.57 Å². The monoisotopic (exact) mass is 581 g/mol. The molecule has 1 aliphatic rings. The molecule has 0 aliphatic carbocycles. The zero-order valence-electron chi connectivity index (χ0n) is 20.9. The number of nitrogens with zero attached hydrogens (tertiary/aromatic N) is 3. The third-order valence-electron chi connectivity index (χ3n) is 6.83. The fourth-order valence-corrected chi connectivity index (χ4v) is 5.48. The number of hydrogen-bond acceptors (Lipinski definition) is 6. The lowest BCUT2D eigenvalue weighted by molar-refractivity contribution is -0.0589. The van der Waals surface area contributed by atoms with Crippen molar-refractivity contribution in [2.75, 3.05) is 6.61 Å². The van der Waals surface area contributed by atoms with Gasteiger partial charge in [0.2, 0.25) is 5.88 Å². The van der Waals surface area contributed by atoms with Crippen LogP contribution in [0.15, 0.2) is 60.1 Å². The number of hydrogen-bond donors (Lipinski definition) is 1. The second kappa shape index (κ2) is 11.0. The van der Waals surface area contributed by atoms with E-state index in [1.165, 1.54) is 29.5 Å². The SMILES string of the molecule is O=C(O)c1ccc2nc(Cc3ccc(-c4scnc4OCc4ccc(Cl)cc4F)cc3F)n(C[C@@H]3CCO3)c2c1. The van der Waals surface area contributed by atoms with Crippen LogP contribution in [0.2, 0.25) is 5.02 Å². The third kappa shape index (κ3) is 5.30. The predicted molar refractivity (Wildman–Crippen MR) is 147 cm³/mol. The van der Waals surface area contributed by atoms with Crippen molar-refractivity contribution < 1.29 is 28.2 Å². The quantitative estimate of drug-likeness (QED) is 0.207. The number of fused-ring (bicyclic) bond motifs is 1. The lowest BCUT2D eigenvalue weighted by Crippen LogP contribution is -2.31. The van der Waals surface area contributed by atoms with Crippen LogP contribution in [0.4, 0.5) is 8.78 Å². The summed E-state index contributed by atoms with van der Waals surface area (Å²) in [4.78, 5) is 21.1. The van der Waals surface area contributed by atoms with Gasteiger partial charge in [0.25, 0.3) is 0 Å². The molecule has 3 heterocycles. The zero-order chi connectivity index (χ0) is 27.8. The Kier molecular flexibility index (Phi) is 7.22. The van der Waals surface area contributed by atoms with Crippen LogP contribution in [0.25, 0.3) is 21.5 Å². The molecule has 0 spiro atoms. The van der Waals surface area contributed by atoms with Crippen LogP contribution in [-0.2, 0) is 24.3 Å². The molecule has 1 N–H and O–H groups in total. The van der Waals surface area contributed by atoms with Gasteiger partial charge in [0.05, 0.1) is 39.6 Å².